The van der Waals surface area contributed by atoms with Crippen LogP contribution < -0.4 is 16.4 Å². The van der Waals surface area contributed by atoms with Crippen molar-refractivity contribution in [2.75, 3.05) is 5.75 Å². The van der Waals surface area contributed by atoms with Crippen LogP contribution >= 0.6 is 11.8 Å². The van der Waals surface area contributed by atoms with Crippen molar-refractivity contribution in [1.82, 2.24) is 10.6 Å². The minimum absolute atomic E-state index is 0.209. The monoisotopic (exact) mass is 242 g/mol. The van der Waals surface area contributed by atoms with Gasteiger partial charge in [0.25, 0.3) is 0 Å². The zero-order chi connectivity index (χ0) is 11.5. The first-order chi connectivity index (χ1) is 7.66. The maximum atomic E-state index is 10.6. The average molecular weight is 242 g/mol. The number of rotatable bonds is 5. The molecule has 2 heterocycles. The molecule has 0 aliphatic carbocycles. The van der Waals surface area contributed by atoms with Crippen molar-refractivity contribution in [3.05, 3.63) is 0 Å². The molecular weight excluding hydrogens is 224 g/mol. The number of primary amides is 1. The normalized spacial score (nSPS) is 32.0. The Bertz CT molecular complexity index is 297. The van der Waals surface area contributed by atoms with Gasteiger partial charge in [-0.15, -0.1) is 0 Å². The lowest BCUT2D eigenvalue weighted by molar-refractivity contribution is -0.118. The number of amides is 1. The van der Waals surface area contributed by atoms with Crippen LogP contribution in [0.1, 0.15) is 25.7 Å². The van der Waals surface area contributed by atoms with Crippen molar-refractivity contribution < 1.29 is 4.79 Å². The van der Waals surface area contributed by atoms with E-state index in [0.29, 0.717) is 29.7 Å². The van der Waals surface area contributed by atoms with Gasteiger partial charge in [-0.1, -0.05) is 6.42 Å². The average Bonchev–Trinajstić information content (AvgIpc) is 2.72. The SMILES string of the molecule is N=C1N[C@H]2[C@H](CS[C@H]2CCCCC(N)=O)N1. The Morgan fingerprint density at radius 2 is 2.31 bits per heavy atom. The zero-order valence-electron chi connectivity index (χ0n) is 9.16. The molecule has 1 amide bonds. The molecule has 0 aromatic rings. The standard InChI is InChI=1S/C10H18N4OS/c11-8(15)4-2-1-3-7-9-6(5-16-7)13-10(12)14-9/h6-7,9H,1-5H2,(H2,11,15)(H3,12,13,14)/t6-,7-,9-/m0/s1. The summed E-state index contributed by atoms with van der Waals surface area (Å²) in [6.45, 7) is 0. The Morgan fingerprint density at radius 1 is 1.50 bits per heavy atom. The Labute approximate surface area is 99.4 Å². The first kappa shape index (κ1) is 11.6. The van der Waals surface area contributed by atoms with Crippen LogP contribution in [0.4, 0.5) is 0 Å². The van der Waals surface area contributed by atoms with Gasteiger partial charge in [0.2, 0.25) is 5.91 Å². The number of carbonyl (C=O) groups is 1. The van der Waals surface area contributed by atoms with E-state index in [4.69, 9.17) is 11.1 Å². The van der Waals surface area contributed by atoms with Gasteiger partial charge in [-0.05, 0) is 12.8 Å². The van der Waals surface area contributed by atoms with E-state index in [0.717, 1.165) is 25.0 Å². The highest BCUT2D eigenvalue weighted by molar-refractivity contribution is 8.00. The lowest BCUT2D eigenvalue weighted by Crippen LogP contribution is -2.36. The number of nitrogens with two attached hydrogens (primary N) is 1. The summed E-state index contributed by atoms with van der Waals surface area (Å²) < 4.78 is 0. The second-order valence-electron chi connectivity index (χ2n) is 4.38. The van der Waals surface area contributed by atoms with Gasteiger partial charge < -0.3 is 16.4 Å². The molecule has 5 nitrogen and oxygen atoms in total. The van der Waals surface area contributed by atoms with E-state index in [1.54, 1.807) is 0 Å². The van der Waals surface area contributed by atoms with Crippen LogP contribution in [0.3, 0.4) is 0 Å². The summed E-state index contributed by atoms with van der Waals surface area (Å²) in [5.74, 6) is 1.32. The zero-order valence-corrected chi connectivity index (χ0v) is 9.98. The summed E-state index contributed by atoms with van der Waals surface area (Å²) in [7, 11) is 0. The Morgan fingerprint density at radius 3 is 3.06 bits per heavy atom. The topological polar surface area (TPSA) is 91.0 Å². The summed E-state index contributed by atoms with van der Waals surface area (Å²) >= 11 is 1.96. The Balaban J connectivity index is 1.70. The lowest BCUT2D eigenvalue weighted by Gasteiger charge is -2.16. The third-order valence-corrected chi connectivity index (χ3v) is 4.64. The first-order valence-electron chi connectivity index (χ1n) is 5.68. The number of nitrogens with one attached hydrogen (secondary N) is 3. The van der Waals surface area contributed by atoms with Crippen LogP contribution in [0.2, 0.25) is 0 Å². The fraction of sp³-hybridized carbons (Fsp3) is 0.800. The summed E-state index contributed by atoms with van der Waals surface area (Å²) in [5, 5.41) is 14.4. The number of carbonyl (C=O) groups excluding carboxylic acids is 1. The molecule has 0 bridgehead atoms. The van der Waals surface area contributed by atoms with Gasteiger partial charge in [-0.25, -0.2) is 0 Å². The molecular formula is C10H18N4OS. The van der Waals surface area contributed by atoms with Gasteiger partial charge in [-0.3, -0.25) is 10.2 Å². The van der Waals surface area contributed by atoms with E-state index < -0.39 is 0 Å². The van der Waals surface area contributed by atoms with Gasteiger partial charge in [0, 0.05) is 17.4 Å². The van der Waals surface area contributed by atoms with Crippen LogP contribution in [0.5, 0.6) is 0 Å². The van der Waals surface area contributed by atoms with Crippen LogP contribution in [0.25, 0.3) is 0 Å². The van der Waals surface area contributed by atoms with E-state index in [1.807, 2.05) is 11.8 Å². The molecule has 2 rings (SSSR count). The second-order valence-corrected chi connectivity index (χ2v) is 5.65. The van der Waals surface area contributed by atoms with Crippen molar-refractivity contribution in [2.24, 2.45) is 5.73 Å². The van der Waals surface area contributed by atoms with E-state index >= 15 is 0 Å². The minimum atomic E-state index is -0.209. The molecule has 0 radical (unpaired) electrons. The van der Waals surface area contributed by atoms with Gasteiger partial charge in [0.05, 0.1) is 12.1 Å². The molecule has 0 aromatic heterocycles. The highest BCUT2D eigenvalue weighted by Crippen LogP contribution is 2.32. The van der Waals surface area contributed by atoms with E-state index in [-0.39, 0.29) is 5.91 Å². The van der Waals surface area contributed by atoms with Gasteiger partial charge in [-0.2, -0.15) is 11.8 Å². The molecule has 3 atom stereocenters. The number of thioether (sulfide) groups is 1. The number of fused-ring (bicyclic) bond motifs is 1. The summed E-state index contributed by atoms with van der Waals surface area (Å²) in [4.78, 5) is 10.6. The molecule has 2 aliphatic heterocycles. The Hall–Kier alpha value is -0.910. The third-order valence-electron chi connectivity index (χ3n) is 3.13. The lowest BCUT2D eigenvalue weighted by atomic mass is 10.0. The predicted octanol–water partition coefficient (Wildman–Crippen LogP) is 0.0123. The maximum absolute atomic E-state index is 10.6. The van der Waals surface area contributed by atoms with Gasteiger partial charge in [0.1, 0.15) is 0 Å². The molecule has 5 N–H and O–H groups in total. The van der Waals surface area contributed by atoms with Gasteiger partial charge in [0.15, 0.2) is 5.96 Å². The van der Waals surface area contributed by atoms with Crippen molar-refractivity contribution in [3.63, 3.8) is 0 Å². The largest absolute Gasteiger partial charge is 0.370 e. The van der Waals surface area contributed by atoms with Crippen molar-refractivity contribution >= 4 is 23.6 Å². The molecule has 0 saturated carbocycles. The number of unbranched alkanes of at least 4 members (excludes halogenated alkanes) is 1. The van der Waals surface area contributed by atoms with Crippen molar-refractivity contribution in [1.29, 1.82) is 5.41 Å². The van der Waals surface area contributed by atoms with Crippen LogP contribution in [0, 0.1) is 5.41 Å². The smallest absolute Gasteiger partial charge is 0.217 e. The number of guanidine groups is 1. The highest BCUT2D eigenvalue weighted by atomic mass is 32.2. The van der Waals surface area contributed by atoms with Crippen LogP contribution in [-0.2, 0) is 4.79 Å². The molecule has 2 fully saturated rings. The molecule has 0 aromatic carbocycles. The third kappa shape index (κ3) is 2.61. The van der Waals surface area contributed by atoms with Crippen molar-refractivity contribution in [3.8, 4) is 0 Å². The van der Waals surface area contributed by atoms with E-state index in [9.17, 15) is 4.79 Å². The first-order valence-corrected chi connectivity index (χ1v) is 6.73. The van der Waals surface area contributed by atoms with E-state index in [2.05, 4.69) is 10.6 Å². The highest BCUT2D eigenvalue weighted by Gasteiger charge is 2.41. The summed E-state index contributed by atoms with van der Waals surface area (Å²) in [6, 6.07) is 0.810. The minimum Gasteiger partial charge on any atom is -0.370 e. The molecule has 90 valence electrons. The van der Waals surface area contributed by atoms with Crippen LogP contribution in [0.15, 0.2) is 0 Å². The number of hydrogen-bond donors (Lipinski definition) is 4. The molecule has 0 unspecified atom stereocenters. The molecule has 2 aliphatic rings. The predicted molar refractivity (Wildman–Crippen MR) is 65.5 cm³/mol. The maximum Gasteiger partial charge on any atom is 0.217 e. The number of hydrogen-bond acceptors (Lipinski definition) is 3. The second kappa shape index (κ2) is 4.95. The fourth-order valence-corrected chi connectivity index (χ4v) is 3.86. The fourth-order valence-electron chi connectivity index (χ4n) is 2.32. The molecule has 16 heavy (non-hydrogen) atoms. The molecule has 0 spiro atoms. The summed E-state index contributed by atoms with van der Waals surface area (Å²) in [6.07, 6.45) is 3.52. The Kier molecular flexibility index (Phi) is 3.58. The quantitative estimate of drug-likeness (QED) is 0.511. The summed E-state index contributed by atoms with van der Waals surface area (Å²) in [5.41, 5.74) is 5.10. The molecule has 6 heteroatoms. The van der Waals surface area contributed by atoms with Gasteiger partial charge >= 0.3 is 0 Å². The molecule has 2 saturated heterocycles. The van der Waals surface area contributed by atoms with Crippen molar-refractivity contribution in [2.45, 2.75) is 43.0 Å². The van der Waals surface area contributed by atoms with Crippen LogP contribution in [-0.4, -0.2) is 35.0 Å². The van der Waals surface area contributed by atoms with E-state index in [1.165, 1.54) is 0 Å².